The standard InChI is InChI=1S/C30H40N2O5S/c1-20(2)21-10-12-25-22(16-21)11-13-26-29(3,14-7-15-30(25,26)4)19-32-27(33)18-37-28(34)23-8-6-9-24(17-23)38(35,36)31-5/h6,8-10,12,16-17,20,26,31H,7,11,13-15,18-19H2,1-5H3,(H,32,33). The number of hydrogen-bond donors (Lipinski definition) is 2. The molecule has 0 aliphatic heterocycles. The molecule has 2 aliphatic rings. The lowest BCUT2D eigenvalue weighted by atomic mass is 9.49. The second-order valence-corrected chi connectivity index (χ2v) is 13.6. The fourth-order valence-electron chi connectivity index (χ4n) is 6.69. The monoisotopic (exact) mass is 540 g/mol. The zero-order chi connectivity index (χ0) is 27.7. The number of aryl methyl sites for hydroxylation is 1. The Morgan fingerprint density at radius 1 is 1.11 bits per heavy atom. The fraction of sp³-hybridized carbons (Fsp3) is 0.533. The van der Waals surface area contributed by atoms with E-state index in [2.05, 4.69) is 55.9 Å². The Morgan fingerprint density at radius 3 is 2.58 bits per heavy atom. The Morgan fingerprint density at radius 2 is 1.87 bits per heavy atom. The number of fused-ring (bicyclic) bond motifs is 3. The maximum absolute atomic E-state index is 12.7. The Hall–Kier alpha value is -2.71. The van der Waals surface area contributed by atoms with Crippen molar-refractivity contribution in [3.05, 3.63) is 64.7 Å². The van der Waals surface area contributed by atoms with Gasteiger partial charge in [0.05, 0.1) is 10.5 Å². The molecule has 1 saturated carbocycles. The van der Waals surface area contributed by atoms with E-state index in [1.54, 1.807) is 0 Å². The van der Waals surface area contributed by atoms with Crippen LogP contribution in [0.15, 0.2) is 47.4 Å². The molecule has 4 rings (SSSR count). The molecule has 206 valence electrons. The molecule has 2 aromatic carbocycles. The topological polar surface area (TPSA) is 102 Å². The summed E-state index contributed by atoms with van der Waals surface area (Å²) in [7, 11) is -2.39. The van der Waals surface area contributed by atoms with Crippen LogP contribution in [0.3, 0.4) is 0 Å². The molecule has 0 aromatic heterocycles. The van der Waals surface area contributed by atoms with Gasteiger partial charge in [0, 0.05) is 6.54 Å². The SMILES string of the molecule is CNS(=O)(=O)c1cccc(C(=O)OCC(=O)NCC2(C)CCCC3(C)c4ccc(C(C)C)cc4CCC23)c1. The second kappa shape index (κ2) is 10.8. The number of esters is 1. The highest BCUT2D eigenvalue weighted by Gasteiger charge is 2.51. The van der Waals surface area contributed by atoms with E-state index in [9.17, 15) is 18.0 Å². The molecule has 0 heterocycles. The van der Waals surface area contributed by atoms with E-state index >= 15 is 0 Å². The molecular formula is C30H40N2O5S. The fourth-order valence-corrected chi connectivity index (χ4v) is 7.46. The van der Waals surface area contributed by atoms with Gasteiger partial charge in [-0.15, -0.1) is 0 Å². The third kappa shape index (κ3) is 5.52. The first-order valence-corrected chi connectivity index (χ1v) is 15.0. The normalized spacial score (nSPS) is 24.8. The van der Waals surface area contributed by atoms with Gasteiger partial charge in [-0.05, 0) is 90.3 Å². The van der Waals surface area contributed by atoms with Gasteiger partial charge in [-0.2, -0.15) is 0 Å². The molecule has 0 saturated heterocycles. The van der Waals surface area contributed by atoms with Gasteiger partial charge < -0.3 is 10.1 Å². The van der Waals surface area contributed by atoms with Gasteiger partial charge in [0.1, 0.15) is 0 Å². The number of ether oxygens (including phenoxy) is 1. The van der Waals surface area contributed by atoms with Crippen LogP contribution in [0.25, 0.3) is 0 Å². The average Bonchev–Trinajstić information content (AvgIpc) is 2.90. The molecule has 3 unspecified atom stereocenters. The predicted molar refractivity (Wildman–Crippen MR) is 148 cm³/mol. The van der Waals surface area contributed by atoms with Crippen molar-refractivity contribution in [3.63, 3.8) is 0 Å². The highest BCUT2D eigenvalue weighted by molar-refractivity contribution is 7.89. The summed E-state index contributed by atoms with van der Waals surface area (Å²) >= 11 is 0. The maximum atomic E-state index is 12.7. The summed E-state index contributed by atoms with van der Waals surface area (Å²) in [5.74, 6) is -0.143. The summed E-state index contributed by atoms with van der Waals surface area (Å²) < 4.78 is 31.4. The second-order valence-electron chi connectivity index (χ2n) is 11.7. The van der Waals surface area contributed by atoms with Crippen LogP contribution in [0.1, 0.15) is 86.3 Å². The maximum Gasteiger partial charge on any atom is 0.338 e. The summed E-state index contributed by atoms with van der Waals surface area (Å²) in [4.78, 5) is 25.1. The van der Waals surface area contributed by atoms with Crippen molar-refractivity contribution in [2.24, 2.45) is 11.3 Å². The Labute approximate surface area is 226 Å². The number of rotatable bonds is 8. The minimum absolute atomic E-state index is 0.0401. The van der Waals surface area contributed by atoms with Crippen molar-refractivity contribution in [2.45, 2.75) is 76.0 Å². The first-order valence-electron chi connectivity index (χ1n) is 13.5. The molecule has 2 aliphatic carbocycles. The van der Waals surface area contributed by atoms with E-state index in [-0.39, 0.29) is 27.2 Å². The van der Waals surface area contributed by atoms with Gasteiger partial charge in [-0.1, -0.05) is 58.4 Å². The number of nitrogens with one attached hydrogen (secondary N) is 2. The Bertz CT molecular complexity index is 1320. The van der Waals surface area contributed by atoms with Gasteiger partial charge in [-0.25, -0.2) is 17.9 Å². The van der Waals surface area contributed by atoms with Gasteiger partial charge in [0.15, 0.2) is 6.61 Å². The van der Waals surface area contributed by atoms with E-state index in [0.29, 0.717) is 18.4 Å². The van der Waals surface area contributed by atoms with Crippen molar-refractivity contribution >= 4 is 21.9 Å². The molecule has 8 heteroatoms. The van der Waals surface area contributed by atoms with E-state index in [1.807, 2.05) is 0 Å². The van der Waals surface area contributed by atoms with Crippen LogP contribution >= 0.6 is 0 Å². The molecule has 1 fully saturated rings. The molecule has 1 amide bonds. The summed E-state index contributed by atoms with van der Waals surface area (Å²) in [6, 6.07) is 12.6. The van der Waals surface area contributed by atoms with Crippen LogP contribution in [0.5, 0.6) is 0 Å². The van der Waals surface area contributed by atoms with Crippen LogP contribution in [0.4, 0.5) is 0 Å². The zero-order valence-corrected chi connectivity index (χ0v) is 23.9. The Balaban J connectivity index is 1.39. The summed E-state index contributed by atoms with van der Waals surface area (Å²) in [5.41, 5.74) is 4.42. The molecule has 0 radical (unpaired) electrons. The average molecular weight is 541 g/mol. The number of hydrogen-bond acceptors (Lipinski definition) is 5. The van der Waals surface area contributed by atoms with E-state index < -0.39 is 22.6 Å². The number of amides is 1. The molecule has 2 N–H and O–H groups in total. The number of sulfonamides is 1. The molecule has 3 atom stereocenters. The van der Waals surface area contributed by atoms with Crippen molar-refractivity contribution in [3.8, 4) is 0 Å². The molecular weight excluding hydrogens is 500 g/mol. The number of benzene rings is 2. The lowest BCUT2D eigenvalue weighted by molar-refractivity contribution is -0.125. The minimum Gasteiger partial charge on any atom is -0.452 e. The molecule has 2 aromatic rings. The quantitative estimate of drug-likeness (QED) is 0.473. The van der Waals surface area contributed by atoms with Gasteiger partial charge in [0.2, 0.25) is 10.0 Å². The highest BCUT2D eigenvalue weighted by atomic mass is 32.2. The summed E-state index contributed by atoms with van der Waals surface area (Å²) in [6.45, 7) is 9.26. The predicted octanol–water partition coefficient (Wildman–Crippen LogP) is 4.70. The van der Waals surface area contributed by atoms with Crippen LogP contribution in [-0.4, -0.2) is 40.5 Å². The highest BCUT2D eigenvalue weighted by Crippen LogP contribution is 2.57. The van der Waals surface area contributed by atoms with E-state index in [0.717, 1.165) is 32.1 Å². The van der Waals surface area contributed by atoms with Gasteiger partial charge >= 0.3 is 5.97 Å². The number of carbonyl (C=O) groups is 2. The van der Waals surface area contributed by atoms with Gasteiger partial charge in [-0.3, -0.25) is 4.79 Å². The third-order valence-electron chi connectivity index (χ3n) is 8.84. The zero-order valence-electron chi connectivity index (χ0n) is 23.1. The number of carbonyl (C=O) groups excluding carboxylic acids is 2. The van der Waals surface area contributed by atoms with E-state index in [4.69, 9.17) is 4.74 Å². The molecule has 0 bridgehead atoms. The lowest BCUT2D eigenvalue weighted by Gasteiger charge is -2.55. The first kappa shape index (κ1) is 28.3. The third-order valence-corrected chi connectivity index (χ3v) is 10.3. The van der Waals surface area contributed by atoms with Crippen LogP contribution < -0.4 is 10.0 Å². The first-order chi connectivity index (χ1) is 17.9. The van der Waals surface area contributed by atoms with Crippen LogP contribution in [-0.2, 0) is 31.4 Å². The molecule has 38 heavy (non-hydrogen) atoms. The van der Waals surface area contributed by atoms with Gasteiger partial charge in [0.25, 0.3) is 5.91 Å². The Kier molecular flexibility index (Phi) is 8.05. The smallest absolute Gasteiger partial charge is 0.338 e. The van der Waals surface area contributed by atoms with Crippen molar-refractivity contribution < 1.29 is 22.7 Å². The van der Waals surface area contributed by atoms with Crippen LogP contribution in [0.2, 0.25) is 0 Å². The molecule has 0 spiro atoms. The van der Waals surface area contributed by atoms with Crippen molar-refractivity contribution in [2.75, 3.05) is 20.2 Å². The largest absolute Gasteiger partial charge is 0.452 e. The van der Waals surface area contributed by atoms with E-state index in [1.165, 1.54) is 48.0 Å². The van der Waals surface area contributed by atoms with Crippen molar-refractivity contribution in [1.82, 2.24) is 10.0 Å². The van der Waals surface area contributed by atoms with Crippen LogP contribution in [0, 0.1) is 11.3 Å². The minimum atomic E-state index is -3.69. The summed E-state index contributed by atoms with van der Waals surface area (Å²) in [6.07, 6.45) is 5.44. The van der Waals surface area contributed by atoms with Crippen molar-refractivity contribution in [1.29, 1.82) is 0 Å². The molecule has 7 nitrogen and oxygen atoms in total. The lowest BCUT2D eigenvalue weighted by Crippen LogP contribution is -2.53. The summed E-state index contributed by atoms with van der Waals surface area (Å²) in [5, 5.41) is 3.02.